The van der Waals surface area contributed by atoms with E-state index in [1.54, 1.807) is 0 Å². The van der Waals surface area contributed by atoms with E-state index in [0.717, 1.165) is 21.6 Å². The van der Waals surface area contributed by atoms with Gasteiger partial charge in [-0.15, -0.1) is 0 Å². The van der Waals surface area contributed by atoms with Crippen LogP contribution in [0.15, 0.2) is 22.7 Å². The van der Waals surface area contributed by atoms with E-state index >= 15 is 0 Å². The zero-order valence-corrected chi connectivity index (χ0v) is 13.7. The molecule has 0 bridgehead atoms. The van der Waals surface area contributed by atoms with Crippen LogP contribution in [0.2, 0.25) is 0 Å². The van der Waals surface area contributed by atoms with E-state index in [0.29, 0.717) is 11.0 Å². The zero-order chi connectivity index (χ0) is 13.8. The van der Waals surface area contributed by atoms with Gasteiger partial charge in [0.1, 0.15) is 4.99 Å². The van der Waals surface area contributed by atoms with Crippen LogP contribution in [0.5, 0.6) is 0 Å². The minimum absolute atomic E-state index is 0.450. The van der Waals surface area contributed by atoms with Gasteiger partial charge >= 0.3 is 0 Å². The first-order valence-corrected chi connectivity index (χ1v) is 8.16. The summed E-state index contributed by atoms with van der Waals surface area (Å²) in [5, 5.41) is 3.61. The molecule has 0 radical (unpaired) electrons. The molecule has 3 N–H and O–H groups in total. The molecule has 0 spiro atoms. The smallest absolute Gasteiger partial charge is 0.106 e. The van der Waals surface area contributed by atoms with Crippen LogP contribution in [0.4, 0.5) is 5.69 Å². The van der Waals surface area contributed by atoms with Crippen molar-refractivity contribution in [3.8, 4) is 0 Å². The third-order valence-electron chi connectivity index (χ3n) is 4.03. The summed E-state index contributed by atoms with van der Waals surface area (Å²) in [5.74, 6) is 0.915. The summed E-state index contributed by atoms with van der Waals surface area (Å²) < 4.78 is 1.01. The predicted octanol–water partition coefficient (Wildman–Crippen LogP) is 4.46. The van der Waals surface area contributed by atoms with E-state index < -0.39 is 0 Å². The number of hydrogen-bond donors (Lipinski definition) is 2. The van der Waals surface area contributed by atoms with Crippen LogP contribution >= 0.6 is 28.1 Å². The molecule has 0 unspecified atom stereocenters. The summed E-state index contributed by atoms with van der Waals surface area (Å²) in [6, 6.07) is 6.63. The number of anilines is 1. The van der Waals surface area contributed by atoms with Crippen LogP contribution in [-0.2, 0) is 0 Å². The van der Waals surface area contributed by atoms with Gasteiger partial charge < -0.3 is 11.1 Å². The Morgan fingerprint density at radius 2 is 2.05 bits per heavy atom. The molecule has 1 saturated carbocycles. The maximum absolute atomic E-state index is 5.80. The van der Waals surface area contributed by atoms with Crippen LogP contribution in [0.25, 0.3) is 0 Å². The Morgan fingerprint density at radius 1 is 1.37 bits per heavy atom. The molecular weight excluding hydrogens is 320 g/mol. The molecular formula is C15H21BrN2S. The molecule has 2 nitrogen and oxygen atoms in total. The van der Waals surface area contributed by atoms with Crippen molar-refractivity contribution < 1.29 is 0 Å². The molecule has 1 fully saturated rings. The number of nitrogens with two attached hydrogens (primary N) is 1. The van der Waals surface area contributed by atoms with Gasteiger partial charge in [0.25, 0.3) is 0 Å². The van der Waals surface area contributed by atoms with E-state index in [-0.39, 0.29) is 0 Å². The number of rotatable bonds is 4. The van der Waals surface area contributed by atoms with Gasteiger partial charge in [0, 0.05) is 21.8 Å². The predicted molar refractivity (Wildman–Crippen MR) is 89.7 cm³/mol. The fourth-order valence-corrected chi connectivity index (χ4v) is 3.31. The highest BCUT2D eigenvalue weighted by Crippen LogP contribution is 2.30. The quantitative estimate of drug-likeness (QED) is 0.794. The molecule has 4 heteroatoms. The Labute approximate surface area is 129 Å². The Morgan fingerprint density at radius 3 is 2.63 bits per heavy atom. The zero-order valence-electron chi connectivity index (χ0n) is 11.3. The van der Waals surface area contributed by atoms with E-state index in [1.807, 2.05) is 12.1 Å². The summed E-state index contributed by atoms with van der Waals surface area (Å²) in [5.41, 5.74) is 7.80. The van der Waals surface area contributed by atoms with Gasteiger partial charge in [0.15, 0.2) is 0 Å². The topological polar surface area (TPSA) is 38.0 Å². The molecule has 0 saturated heterocycles. The minimum Gasteiger partial charge on any atom is -0.389 e. The maximum Gasteiger partial charge on any atom is 0.106 e. The molecule has 0 atom stereocenters. The summed E-state index contributed by atoms with van der Waals surface area (Å²) >= 11 is 8.60. The molecule has 1 aliphatic rings. The lowest BCUT2D eigenvalue weighted by molar-refractivity contribution is 0.330. The molecule has 104 valence electrons. The maximum atomic E-state index is 5.80. The fourth-order valence-electron chi connectivity index (χ4n) is 2.78. The molecule has 0 amide bonds. The highest BCUT2D eigenvalue weighted by atomic mass is 79.9. The molecule has 1 aromatic carbocycles. The second-order valence-electron chi connectivity index (χ2n) is 5.32. The van der Waals surface area contributed by atoms with Gasteiger partial charge in [-0.05, 0) is 49.8 Å². The second kappa shape index (κ2) is 6.71. The monoisotopic (exact) mass is 340 g/mol. The van der Waals surface area contributed by atoms with Crippen molar-refractivity contribution in [1.82, 2.24) is 0 Å². The van der Waals surface area contributed by atoms with E-state index in [2.05, 4.69) is 34.2 Å². The summed E-state index contributed by atoms with van der Waals surface area (Å²) in [4.78, 5) is 0.450. The molecule has 0 aliphatic heterocycles. The van der Waals surface area contributed by atoms with Crippen LogP contribution in [-0.4, -0.2) is 11.0 Å². The van der Waals surface area contributed by atoms with Crippen molar-refractivity contribution in [2.75, 3.05) is 5.32 Å². The molecule has 0 heterocycles. The number of thiocarbonyl (C=S) groups is 1. The number of benzene rings is 1. The van der Waals surface area contributed by atoms with Crippen molar-refractivity contribution in [2.24, 2.45) is 11.7 Å². The average Bonchev–Trinajstić information content (AvgIpc) is 2.41. The normalized spacial score (nSPS) is 23.1. The van der Waals surface area contributed by atoms with Crippen LogP contribution < -0.4 is 11.1 Å². The SMILES string of the molecule is CCC1CCC(Nc2ccc(Br)cc2C(N)=S)CC1. The molecule has 1 aromatic rings. The Bertz CT molecular complexity index is 453. The van der Waals surface area contributed by atoms with Gasteiger partial charge in [-0.1, -0.05) is 41.5 Å². The van der Waals surface area contributed by atoms with Crippen LogP contribution in [0.3, 0.4) is 0 Å². The van der Waals surface area contributed by atoms with Gasteiger partial charge in [-0.3, -0.25) is 0 Å². The van der Waals surface area contributed by atoms with E-state index in [4.69, 9.17) is 18.0 Å². The lowest BCUT2D eigenvalue weighted by Gasteiger charge is -2.29. The van der Waals surface area contributed by atoms with Gasteiger partial charge in [-0.25, -0.2) is 0 Å². The highest BCUT2D eigenvalue weighted by Gasteiger charge is 2.20. The van der Waals surface area contributed by atoms with Crippen molar-refractivity contribution in [3.05, 3.63) is 28.2 Å². The first kappa shape index (κ1) is 14.8. The molecule has 0 aromatic heterocycles. The summed E-state index contributed by atoms with van der Waals surface area (Å²) in [7, 11) is 0. The molecule has 1 aliphatic carbocycles. The van der Waals surface area contributed by atoms with E-state index in [9.17, 15) is 0 Å². The summed E-state index contributed by atoms with van der Waals surface area (Å²) in [6.45, 7) is 2.29. The molecule has 19 heavy (non-hydrogen) atoms. The van der Waals surface area contributed by atoms with Gasteiger partial charge in [-0.2, -0.15) is 0 Å². The highest BCUT2D eigenvalue weighted by molar-refractivity contribution is 9.10. The lowest BCUT2D eigenvalue weighted by Crippen LogP contribution is -2.27. The first-order chi connectivity index (χ1) is 9.10. The van der Waals surface area contributed by atoms with Crippen LogP contribution in [0, 0.1) is 5.92 Å². The standard InChI is InChI=1S/C15H21BrN2S/c1-2-10-3-6-12(7-4-10)18-14-8-5-11(16)9-13(14)15(17)19/h5,8-10,12,18H,2-4,6-7H2,1H3,(H2,17,19). The van der Waals surface area contributed by atoms with Crippen LogP contribution in [0.1, 0.15) is 44.6 Å². The largest absolute Gasteiger partial charge is 0.389 e. The van der Waals surface area contributed by atoms with Gasteiger partial charge in [0.05, 0.1) is 0 Å². The van der Waals surface area contributed by atoms with Gasteiger partial charge in [0.2, 0.25) is 0 Å². The van der Waals surface area contributed by atoms with Crippen molar-refractivity contribution in [2.45, 2.75) is 45.1 Å². The number of nitrogens with one attached hydrogen (secondary N) is 1. The first-order valence-electron chi connectivity index (χ1n) is 6.96. The van der Waals surface area contributed by atoms with Crippen molar-refractivity contribution >= 4 is 38.8 Å². The van der Waals surface area contributed by atoms with Crippen molar-refractivity contribution in [3.63, 3.8) is 0 Å². The fraction of sp³-hybridized carbons (Fsp3) is 0.533. The second-order valence-corrected chi connectivity index (χ2v) is 6.68. The van der Waals surface area contributed by atoms with Crippen molar-refractivity contribution in [1.29, 1.82) is 0 Å². The molecule has 2 rings (SSSR count). The number of halogens is 1. The summed E-state index contributed by atoms with van der Waals surface area (Å²) in [6.07, 6.45) is 6.44. The number of hydrogen-bond acceptors (Lipinski definition) is 2. The third kappa shape index (κ3) is 3.93. The van der Waals surface area contributed by atoms with E-state index in [1.165, 1.54) is 32.1 Å². The Hall–Kier alpha value is -0.610. The average molecular weight is 341 g/mol. The Kier molecular flexibility index (Phi) is 5.22. The Balaban J connectivity index is 2.05. The minimum atomic E-state index is 0.450. The third-order valence-corrected chi connectivity index (χ3v) is 4.74. The lowest BCUT2D eigenvalue weighted by atomic mass is 9.84.